The number of alkyl halides is 3. The highest BCUT2D eigenvalue weighted by atomic mass is 79.9. The van der Waals surface area contributed by atoms with Crippen molar-refractivity contribution < 1.29 is 13.2 Å². The number of nitrogens with two attached hydrogens (primary N) is 1. The molecular weight excluding hydrogens is 299 g/mol. The van der Waals surface area contributed by atoms with Gasteiger partial charge in [-0.15, -0.1) is 0 Å². The Morgan fingerprint density at radius 2 is 2.06 bits per heavy atom. The summed E-state index contributed by atoms with van der Waals surface area (Å²) in [5.41, 5.74) is 6.92. The zero-order chi connectivity index (χ0) is 13.2. The van der Waals surface area contributed by atoms with Crippen LogP contribution in [0.25, 0.3) is 0 Å². The standard InChI is InChI=1S/C10H13BrF3N3/c1-6-7(15)5-16-9(8(6)11)17(2)4-3-10(12,13)14/h5H,3-4,15H2,1-2H3. The molecule has 0 spiro atoms. The first kappa shape index (κ1) is 14.1. The van der Waals surface area contributed by atoms with Crippen molar-refractivity contribution >= 4 is 27.4 Å². The summed E-state index contributed by atoms with van der Waals surface area (Å²) < 4.78 is 36.9. The lowest BCUT2D eigenvalue weighted by Gasteiger charge is -2.21. The number of pyridine rings is 1. The molecule has 96 valence electrons. The van der Waals surface area contributed by atoms with Crippen molar-refractivity contribution in [1.29, 1.82) is 0 Å². The van der Waals surface area contributed by atoms with E-state index in [4.69, 9.17) is 5.73 Å². The summed E-state index contributed by atoms with van der Waals surface area (Å²) in [7, 11) is 1.56. The van der Waals surface area contributed by atoms with E-state index in [0.717, 1.165) is 5.56 Å². The summed E-state index contributed by atoms with van der Waals surface area (Å²) in [6.07, 6.45) is -3.59. The normalized spacial score (nSPS) is 11.6. The SMILES string of the molecule is Cc1c(N)cnc(N(C)CCC(F)(F)F)c1Br. The topological polar surface area (TPSA) is 42.1 Å². The minimum Gasteiger partial charge on any atom is -0.397 e. The summed E-state index contributed by atoms with van der Waals surface area (Å²) in [6, 6.07) is 0. The van der Waals surface area contributed by atoms with E-state index in [1.807, 2.05) is 0 Å². The first-order chi connectivity index (χ1) is 7.72. The molecule has 0 aliphatic carbocycles. The van der Waals surface area contributed by atoms with Crippen molar-refractivity contribution in [2.45, 2.75) is 19.5 Å². The third kappa shape index (κ3) is 3.76. The van der Waals surface area contributed by atoms with Gasteiger partial charge in [0.05, 0.1) is 22.8 Å². The van der Waals surface area contributed by atoms with Crippen molar-refractivity contribution in [1.82, 2.24) is 4.98 Å². The Hall–Kier alpha value is -0.980. The van der Waals surface area contributed by atoms with Gasteiger partial charge < -0.3 is 10.6 Å². The van der Waals surface area contributed by atoms with Gasteiger partial charge in [0.15, 0.2) is 0 Å². The molecule has 0 amide bonds. The smallest absolute Gasteiger partial charge is 0.390 e. The molecule has 0 bridgehead atoms. The lowest BCUT2D eigenvalue weighted by molar-refractivity contribution is -0.132. The van der Waals surface area contributed by atoms with Gasteiger partial charge in [0, 0.05) is 13.6 Å². The second-order valence-electron chi connectivity index (χ2n) is 3.76. The van der Waals surface area contributed by atoms with Gasteiger partial charge in [-0.2, -0.15) is 13.2 Å². The zero-order valence-electron chi connectivity index (χ0n) is 9.48. The highest BCUT2D eigenvalue weighted by Gasteiger charge is 2.27. The van der Waals surface area contributed by atoms with Gasteiger partial charge in [0.1, 0.15) is 5.82 Å². The Kier molecular flexibility index (Phi) is 4.24. The van der Waals surface area contributed by atoms with Crippen LogP contribution in [-0.2, 0) is 0 Å². The van der Waals surface area contributed by atoms with Crippen molar-refractivity contribution in [2.24, 2.45) is 0 Å². The predicted octanol–water partition coefficient (Wildman–Crippen LogP) is 3.12. The largest absolute Gasteiger partial charge is 0.397 e. The summed E-state index contributed by atoms with van der Waals surface area (Å²) in [6.45, 7) is 1.64. The van der Waals surface area contributed by atoms with E-state index in [2.05, 4.69) is 20.9 Å². The average Bonchev–Trinajstić information content (AvgIpc) is 2.22. The molecule has 0 unspecified atom stereocenters. The molecule has 17 heavy (non-hydrogen) atoms. The number of aromatic nitrogens is 1. The predicted molar refractivity (Wildman–Crippen MR) is 65.0 cm³/mol. The molecule has 0 saturated carbocycles. The van der Waals surface area contributed by atoms with E-state index in [1.165, 1.54) is 11.1 Å². The third-order valence-corrected chi connectivity index (χ3v) is 3.33. The molecule has 3 nitrogen and oxygen atoms in total. The van der Waals surface area contributed by atoms with Gasteiger partial charge in [-0.3, -0.25) is 0 Å². The number of hydrogen-bond donors (Lipinski definition) is 1. The monoisotopic (exact) mass is 311 g/mol. The fourth-order valence-electron chi connectivity index (χ4n) is 1.25. The van der Waals surface area contributed by atoms with Crippen LogP contribution in [0.3, 0.4) is 0 Å². The van der Waals surface area contributed by atoms with Gasteiger partial charge in [0.25, 0.3) is 0 Å². The van der Waals surface area contributed by atoms with E-state index in [0.29, 0.717) is 16.0 Å². The summed E-state index contributed by atoms with van der Waals surface area (Å²) in [5, 5.41) is 0. The Bertz CT molecular complexity index is 407. The Morgan fingerprint density at radius 1 is 1.47 bits per heavy atom. The fraction of sp³-hybridized carbons (Fsp3) is 0.500. The fourth-order valence-corrected chi connectivity index (χ4v) is 1.88. The molecule has 0 radical (unpaired) electrons. The number of nitrogens with zero attached hydrogens (tertiary/aromatic N) is 2. The van der Waals surface area contributed by atoms with Gasteiger partial charge in [-0.05, 0) is 28.4 Å². The molecule has 1 aromatic heterocycles. The highest BCUT2D eigenvalue weighted by Crippen LogP contribution is 2.30. The Balaban J connectivity index is 2.83. The summed E-state index contributed by atoms with van der Waals surface area (Å²) in [4.78, 5) is 5.47. The zero-order valence-corrected chi connectivity index (χ0v) is 11.1. The number of rotatable bonds is 3. The minimum atomic E-state index is -4.16. The average molecular weight is 312 g/mol. The second-order valence-corrected chi connectivity index (χ2v) is 4.56. The molecule has 1 heterocycles. The molecule has 7 heteroatoms. The van der Waals surface area contributed by atoms with Gasteiger partial charge in [-0.1, -0.05) is 0 Å². The first-order valence-electron chi connectivity index (χ1n) is 4.91. The second kappa shape index (κ2) is 5.12. The maximum atomic E-state index is 12.1. The number of hydrogen-bond acceptors (Lipinski definition) is 3. The van der Waals surface area contributed by atoms with Crippen LogP contribution in [0.1, 0.15) is 12.0 Å². The van der Waals surface area contributed by atoms with Crippen LogP contribution in [0.15, 0.2) is 10.7 Å². The van der Waals surface area contributed by atoms with E-state index in [1.54, 1.807) is 14.0 Å². The molecule has 0 atom stereocenters. The van der Waals surface area contributed by atoms with Crippen molar-refractivity contribution in [3.63, 3.8) is 0 Å². The maximum Gasteiger partial charge on any atom is 0.390 e. The van der Waals surface area contributed by atoms with Crippen LogP contribution >= 0.6 is 15.9 Å². The quantitative estimate of drug-likeness (QED) is 0.932. The van der Waals surface area contributed by atoms with Crippen LogP contribution in [0, 0.1) is 6.92 Å². The van der Waals surface area contributed by atoms with Gasteiger partial charge in [-0.25, -0.2) is 4.98 Å². The van der Waals surface area contributed by atoms with Crippen molar-refractivity contribution in [3.05, 3.63) is 16.2 Å². The molecule has 1 rings (SSSR count). The van der Waals surface area contributed by atoms with Crippen LogP contribution in [0.2, 0.25) is 0 Å². The lowest BCUT2D eigenvalue weighted by Crippen LogP contribution is -2.25. The van der Waals surface area contributed by atoms with E-state index < -0.39 is 12.6 Å². The number of anilines is 2. The van der Waals surface area contributed by atoms with E-state index in [9.17, 15) is 13.2 Å². The number of halogens is 4. The molecule has 0 aliphatic heterocycles. The first-order valence-corrected chi connectivity index (χ1v) is 5.70. The van der Waals surface area contributed by atoms with Crippen LogP contribution in [-0.4, -0.2) is 24.8 Å². The van der Waals surface area contributed by atoms with Gasteiger partial charge >= 0.3 is 6.18 Å². The Labute approximate surface area is 106 Å². The van der Waals surface area contributed by atoms with Crippen LogP contribution in [0.5, 0.6) is 0 Å². The molecule has 0 aliphatic rings. The number of nitrogen functional groups attached to an aromatic ring is 1. The minimum absolute atomic E-state index is 0.140. The van der Waals surface area contributed by atoms with E-state index in [-0.39, 0.29) is 6.54 Å². The summed E-state index contributed by atoms with van der Waals surface area (Å²) in [5.74, 6) is 0.459. The van der Waals surface area contributed by atoms with Crippen molar-refractivity contribution in [2.75, 3.05) is 24.2 Å². The molecule has 0 saturated heterocycles. The highest BCUT2D eigenvalue weighted by molar-refractivity contribution is 9.10. The van der Waals surface area contributed by atoms with Crippen LogP contribution in [0.4, 0.5) is 24.7 Å². The summed E-state index contributed by atoms with van der Waals surface area (Å²) >= 11 is 3.29. The van der Waals surface area contributed by atoms with E-state index >= 15 is 0 Å². The lowest BCUT2D eigenvalue weighted by atomic mass is 10.2. The molecule has 2 N–H and O–H groups in total. The van der Waals surface area contributed by atoms with Crippen molar-refractivity contribution in [3.8, 4) is 0 Å². The molecule has 0 aromatic carbocycles. The molecular formula is C10H13BrF3N3. The molecule has 0 fully saturated rings. The van der Waals surface area contributed by atoms with Crippen LogP contribution < -0.4 is 10.6 Å². The van der Waals surface area contributed by atoms with Gasteiger partial charge in [0.2, 0.25) is 0 Å². The Morgan fingerprint density at radius 3 is 2.59 bits per heavy atom. The maximum absolute atomic E-state index is 12.1. The third-order valence-electron chi connectivity index (χ3n) is 2.38. The molecule has 1 aromatic rings.